The van der Waals surface area contributed by atoms with E-state index < -0.39 is 11.8 Å². The highest BCUT2D eigenvalue weighted by Gasteiger charge is 1.69. The van der Waals surface area contributed by atoms with Gasteiger partial charge in [-0.25, -0.2) is 0 Å². The van der Waals surface area contributed by atoms with Crippen molar-refractivity contribution in [2.45, 2.75) is 0 Å². The molecule has 0 fully saturated rings. The number of amides is 2. The van der Waals surface area contributed by atoms with Gasteiger partial charge in [0.2, 0.25) is 11.8 Å². The molecule has 0 aromatic carbocycles. The van der Waals surface area contributed by atoms with Crippen LogP contribution in [-0.2, 0) is 9.59 Å². The third kappa shape index (κ3) is 60.2. The van der Waals surface area contributed by atoms with Crippen LogP contribution in [0.4, 0.5) is 0 Å². The summed E-state index contributed by atoms with van der Waals surface area (Å²) in [6, 6.07) is 0. The van der Waals surface area contributed by atoms with E-state index in [9.17, 15) is 9.59 Å². The number of carbonyl (C=O) groups excluding carboxylic acids is 2. The largest absolute Gasteiger partial charge is 0.412 e. The molecule has 2 amide bonds. The maximum Gasteiger partial charge on any atom is 0.240 e. The van der Waals surface area contributed by atoms with Gasteiger partial charge in [-0.1, -0.05) is 13.2 Å². The molecule has 11 heavy (non-hydrogen) atoms. The van der Waals surface area contributed by atoms with Crippen molar-refractivity contribution in [2.75, 3.05) is 0 Å². The minimum absolute atomic E-state index is 0. The fraction of sp³-hybridized carbons (Fsp3) is 0. The van der Waals surface area contributed by atoms with Crippen molar-refractivity contribution >= 4 is 11.8 Å². The molecule has 0 aliphatic carbocycles. The number of hydrogen-bond donors (Lipinski definition) is 2. The summed E-state index contributed by atoms with van der Waals surface area (Å²) in [6.45, 7) is 6.17. The predicted molar refractivity (Wildman–Crippen MR) is 42.4 cm³/mol. The van der Waals surface area contributed by atoms with Crippen LogP contribution in [-0.4, -0.2) is 17.3 Å². The van der Waals surface area contributed by atoms with E-state index in [1.165, 1.54) is 0 Å². The Labute approximate surface area is 64.7 Å². The first kappa shape index (κ1) is 16.2. The van der Waals surface area contributed by atoms with Crippen LogP contribution < -0.4 is 11.5 Å². The Morgan fingerprint density at radius 1 is 1.00 bits per heavy atom. The Balaban J connectivity index is -0.000000107. The molecule has 0 rings (SSSR count). The smallest absolute Gasteiger partial charge is 0.240 e. The highest BCUT2D eigenvalue weighted by molar-refractivity contribution is 5.85. The van der Waals surface area contributed by atoms with Gasteiger partial charge < -0.3 is 16.9 Å². The van der Waals surface area contributed by atoms with Gasteiger partial charge in [-0.3, -0.25) is 9.59 Å². The van der Waals surface area contributed by atoms with Crippen LogP contribution in [0.15, 0.2) is 25.3 Å². The van der Waals surface area contributed by atoms with Crippen molar-refractivity contribution in [3.05, 3.63) is 25.3 Å². The average molecular weight is 160 g/mol. The highest BCUT2D eigenvalue weighted by atomic mass is 16.1. The molecule has 5 nitrogen and oxygen atoms in total. The van der Waals surface area contributed by atoms with E-state index in [4.69, 9.17) is 0 Å². The molecule has 0 radical (unpaired) electrons. The second kappa shape index (κ2) is 11.2. The standard InChI is InChI=1S/2C3H5NO.H2O/c2*1-2-3(4)5;/h2*2H,1H2,(H2,4,5);1H2. The fourth-order valence-electron chi connectivity index (χ4n) is 0. The Hall–Kier alpha value is -1.62. The molecule has 0 aliphatic heterocycles. The second-order valence-electron chi connectivity index (χ2n) is 1.21. The van der Waals surface area contributed by atoms with Gasteiger partial charge in [-0.05, 0) is 12.2 Å². The van der Waals surface area contributed by atoms with E-state index >= 15 is 0 Å². The van der Waals surface area contributed by atoms with E-state index in [0.29, 0.717) is 0 Å². The molecule has 0 bridgehead atoms. The number of nitrogens with two attached hydrogens (primary N) is 2. The van der Waals surface area contributed by atoms with Gasteiger partial charge in [-0.2, -0.15) is 0 Å². The van der Waals surface area contributed by atoms with E-state index in [0.717, 1.165) is 12.2 Å². The Morgan fingerprint density at radius 2 is 1.09 bits per heavy atom. The van der Waals surface area contributed by atoms with Crippen LogP contribution in [0.5, 0.6) is 0 Å². The lowest BCUT2D eigenvalue weighted by Crippen LogP contribution is -2.04. The normalized spacial score (nSPS) is 5.82. The quantitative estimate of drug-likeness (QED) is 0.477. The molecular weight excluding hydrogens is 148 g/mol. The van der Waals surface area contributed by atoms with Crippen LogP contribution in [0.2, 0.25) is 0 Å². The van der Waals surface area contributed by atoms with Gasteiger partial charge in [0.05, 0.1) is 0 Å². The summed E-state index contributed by atoms with van der Waals surface area (Å²) in [7, 11) is 0. The second-order valence-corrected chi connectivity index (χ2v) is 1.21. The molecule has 0 atom stereocenters. The summed E-state index contributed by atoms with van der Waals surface area (Å²) in [6.07, 6.45) is 2.11. The molecule has 0 heterocycles. The summed E-state index contributed by atoms with van der Waals surface area (Å²) >= 11 is 0. The van der Waals surface area contributed by atoms with Crippen molar-refractivity contribution in [2.24, 2.45) is 11.5 Å². The van der Waals surface area contributed by atoms with Crippen molar-refractivity contribution in [3.8, 4) is 0 Å². The number of hydrogen-bond acceptors (Lipinski definition) is 2. The third-order valence-electron chi connectivity index (χ3n) is 0.402. The molecule has 6 N–H and O–H groups in total. The van der Waals surface area contributed by atoms with Crippen molar-refractivity contribution < 1.29 is 15.1 Å². The van der Waals surface area contributed by atoms with Crippen LogP contribution in [0.1, 0.15) is 0 Å². The summed E-state index contributed by atoms with van der Waals surface area (Å²) in [5.74, 6) is -0.963. The lowest BCUT2D eigenvalue weighted by Gasteiger charge is -1.65. The molecule has 0 spiro atoms. The van der Waals surface area contributed by atoms with E-state index in [2.05, 4.69) is 24.6 Å². The Morgan fingerprint density at radius 3 is 1.09 bits per heavy atom. The molecule has 0 aliphatic rings. The van der Waals surface area contributed by atoms with Crippen molar-refractivity contribution in [1.29, 1.82) is 0 Å². The van der Waals surface area contributed by atoms with Gasteiger partial charge in [0, 0.05) is 0 Å². The van der Waals surface area contributed by atoms with Gasteiger partial charge in [0.1, 0.15) is 0 Å². The van der Waals surface area contributed by atoms with E-state index in [1.807, 2.05) is 0 Å². The molecule has 0 aromatic rings. The van der Waals surface area contributed by atoms with Crippen LogP contribution in [0.25, 0.3) is 0 Å². The fourth-order valence-corrected chi connectivity index (χ4v) is 0. The van der Waals surface area contributed by atoms with E-state index in [1.54, 1.807) is 0 Å². The number of primary amides is 2. The summed E-state index contributed by atoms with van der Waals surface area (Å²) in [5, 5.41) is 0. The molecule has 0 saturated heterocycles. The monoisotopic (exact) mass is 160 g/mol. The molecule has 0 saturated carbocycles. The van der Waals surface area contributed by atoms with Crippen LogP contribution in [0, 0.1) is 0 Å². The first-order chi connectivity index (χ1) is 4.54. The summed E-state index contributed by atoms with van der Waals surface area (Å²) in [4.78, 5) is 18.9. The topological polar surface area (TPSA) is 118 Å². The zero-order chi connectivity index (χ0) is 8.57. The Bertz CT molecular complexity index is 136. The number of carbonyl (C=O) groups is 2. The lowest BCUT2D eigenvalue weighted by molar-refractivity contribution is -0.114. The molecular formula is C6H12N2O3. The predicted octanol–water partition coefficient (Wildman–Crippen LogP) is -1.51. The summed E-state index contributed by atoms with van der Waals surface area (Å²) < 4.78 is 0. The number of rotatable bonds is 2. The van der Waals surface area contributed by atoms with Crippen LogP contribution in [0.3, 0.4) is 0 Å². The zero-order valence-corrected chi connectivity index (χ0v) is 6.04. The maximum absolute atomic E-state index is 9.47. The molecule has 0 aromatic heterocycles. The maximum atomic E-state index is 9.47. The minimum Gasteiger partial charge on any atom is -0.412 e. The third-order valence-corrected chi connectivity index (χ3v) is 0.402. The Kier molecular flexibility index (Phi) is 16.5. The summed E-state index contributed by atoms with van der Waals surface area (Å²) in [5.41, 5.74) is 9.07. The minimum atomic E-state index is -0.481. The highest BCUT2D eigenvalue weighted by Crippen LogP contribution is 1.49. The van der Waals surface area contributed by atoms with Gasteiger partial charge >= 0.3 is 0 Å². The first-order valence-corrected chi connectivity index (χ1v) is 2.38. The van der Waals surface area contributed by atoms with Gasteiger partial charge in [-0.15, -0.1) is 0 Å². The zero-order valence-electron chi connectivity index (χ0n) is 6.04. The SMILES string of the molecule is C=CC(N)=O.C=CC(N)=O.O. The lowest BCUT2D eigenvalue weighted by atomic mass is 10.6. The first-order valence-electron chi connectivity index (χ1n) is 2.38. The van der Waals surface area contributed by atoms with E-state index in [-0.39, 0.29) is 5.48 Å². The van der Waals surface area contributed by atoms with Crippen molar-refractivity contribution in [3.63, 3.8) is 0 Å². The average Bonchev–Trinajstić information content (AvgIpc) is 1.89. The van der Waals surface area contributed by atoms with Gasteiger partial charge in [0.25, 0.3) is 0 Å². The molecule has 0 unspecified atom stereocenters. The molecule has 64 valence electrons. The van der Waals surface area contributed by atoms with Crippen molar-refractivity contribution in [1.82, 2.24) is 0 Å². The molecule has 5 heteroatoms. The van der Waals surface area contributed by atoms with Gasteiger partial charge in [0.15, 0.2) is 0 Å². The van der Waals surface area contributed by atoms with Crippen LogP contribution >= 0.6 is 0 Å².